The molecule has 9 aromatic rings. The van der Waals surface area contributed by atoms with Crippen LogP contribution in [-0.2, 0) is 27.4 Å². The van der Waals surface area contributed by atoms with Gasteiger partial charge in [0.25, 0.3) is 0 Å². The molecule has 31 heteroatoms. The average Bonchev–Trinajstić information content (AvgIpc) is 0.874. The largest absolute Gasteiger partial charge is 1.00 e. The molecule has 4 fully saturated rings. The fourth-order valence-electron chi connectivity index (χ4n) is 11.8. The summed E-state index contributed by atoms with van der Waals surface area (Å²) in [6.07, 6.45) is 23.1. The maximum atomic E-state index is 12.7. The van der Waals surface area contributed by atoms with E-state index in [4.69, 9.17) is 42.6 Å². The number of pyridine rings is 3. The molecule has 111 heavy (non-hydrogen) atoms. The quantitative estimate of drug-likeness (QED) is 0.0242. The van der Waals surface area contributed by atoms with Crippen LogP contribution in [0.2, 0.25) is 0 Å². The van der Waals surface area contributed by atoms with Crippen molar-refractivity contribution < 1.29 is 87.5 Å². The number of aliphatic hydroxyl groups excluding tert-OH is 2. The van der Waals surface area contributed by atoms with E-state index in [2.05, 4.69) is 66.1 Å². The van der Waals surface area contributed by atoms with Gasteiger partial charge in [-0.15, -0.1) is 0 Å². The molecule has 6 aromatic heterocycles. The van der Waals surface area contributed by atoms with Gasteiger partial charge >= 0.3 is 31.0 Å². The number of hydrogen-bond donors (Lipinski definition) is 6. The Kier molecular flexibility index (Phi) is 32.8. The number of rotatable bonds is 24. The van der Waals surface area contributed by atoms with Gasteiger partial charge in [0.2, 0.25) is 17.6 Å². The van der Waals surface area contributed by atoms with Crippen LogP contribution in [0.5, 0.6) is 52.1 Å². The molecule has 3 atom stereocenters. The van der Waals surface area contributed by atoms with Crippen molar-refractivity contribution in [2.24, 2.45) is 0 Å². The van der Waals surface area contributed by atoms with E-state index in [0.717, 1.165) is 76.1 Å². The number of aliphatic hydroxyl groups is 2. The number of aldehydes is 1. The number of ether oxygens (including phenoxy) is 9. The third-order valence-electron chi connectivity index (χ3n) is 17.3. The van der Waals surface area contributed by atoms with Gasteiger partial charge in [0, 0.05) is 120 Å². The summed E-state index contributed by atoms with van der Waals surface area (Å²) in [5.74, 6) is 6.25. The Balaban J connectivity index is 0.000000224. The monoisotopic (exact) mass is 1510 g/mol. The van der Waals surface area contributed by atoms with Crippen LogP contribution in [0.15, 0.2) is 147 Å². The van der Waals surface area contributed by atoms with Gasteiger partial charge in [0.1, 0.15) is 62.8 Å². The van der Waals surface area contributed by atoms with Crippen LogP contribution in [-0.4, -0.2) is 195 Å². The Morgan fingerprint density at radius 2 is 0.883 bits per heavy atom. The average molecular weight is 1510 g/mol. The first-order chi connectivity index (χ1) is 52.7. The molecular weight excluding hydrogens is 1410 g/mol. The Morgan fingerprint density at radius 1 is 0.514 bits per heavy atom. The fraction of sp³-hybridized carbons (Fsp3) is 0.400. The first kappa shape index (κ1) is 85.9. The van der Waals surface area contributed by atoms with E-state index in [1.807, 2.05) is 71.9 Å². The molecule has 3 radical (unpaired) electrons. The summed E-state index contributed by atoms with van der Waals surface area (Å²) in [4.78, 5) is 79.9. The molecule has 0 spiro atoms. The number of benzene rings is 3. The van der Waals surface area contributed by atoms with Crippen molar-refractivity contribution in [1.29, 1.82) is 0 Å². The fourth-order valence-corrected chi connectivity index (χ4v) is 11.8. The predicted molar refractivity (Wildman–Crippen MR) is 418 cm³/mol. The van der Waals surface area contributed by atoms with E-state index in [-0.39, 0.29) is 66.2 Å². The number of likely N-dealkylation sites (tertiary alicyclic amines) is 2. The zero-order valence-electron chi connectivity index (χ0n) is 65.7. The van der Waals surface area contributed by atoms with E-state index in [1.165, 1.54) is 25.5 Å². The van der Waals surface area contributed by atoms with Crippen LogP contribution in [0.3, 0.4) is 0 Å². The number of nitrogens with one attached hydrogen (secondary N) is 4. The topological polar surface area (TPSA) is 345 Å². The van der Waals surface area contributed by atoms with Crippen LogP contribution in [0, 0.1) is 0 Å². The third kappa shape index (κ3) is 26.2. The predicted octanol–water partition coefficient (Wildman–Crippen LogP) is 10.1. The molecule has 0 unspecified atom stereocenters. The number of hydrogen-bond acceptors (Lipinski definition) is 27. The Hall–Kier alpha value is -10.7. The Labute approximate surface area is 663 Å². The van der Waals surface area contributed by atoms with Gasteiger partial charge in [-0.25, -0.2) is 24.5 Å². The number of aromatic nitrogens is 9. The Morgan fingerprint density at radius 3 is 1.22 bits per heavy atom. The van der Waals surface area contributed by atoms with Crippen molar-refractivity contribution in [2.45, 2.75) is 135 Å². The van der Waals surface area contributed by atoms with Crippen molar-refractivity contribution in [3.8, 4) is 86.3 Å². The molecule has 4 aliphatic rings. The zero-order valence-corrected chi connectivity index (χ0v) is 64.7. The molecular formula is C80H98BLiN15O14. The third-order valence-corrected chi connectivity index (χ3v) is 17.3. The minimum atomic E-state index is -0.559. The standard InChI is InChI=1S/C27H33N5O5.C27H31N5O5.C22H25N5O3.C4H8O.B.Li.H/c2*1-27(2,3)37-26(34)32-11-5-6-20(32)15-29-23-16-30-24(19-12-18(17-33)13-28-14-19)31-25(23)36-22-9-7-21(35-4)8-10-22;1-29-18-4-6-19(7-5-18)30-22-20(25-12-17-3-2-8-24-17)13-26-21(27-22)16-9-15(14-28)10-23-11-16;1-2-4-5-3-1;;;/h7-10,12-14,16,20,29,33H,5-6,11,15,17H2,1-4H3;7-10,12-14,16-17,20,29H,5-6,11,15H2,1-4H3;4-7,9-11,13,17,24-25,28H,2-3,8,12,14H2,1H3;1-4H2;;;/q;;;;;+1;-1/t2*20-;17-;;;;/m000..../s1. The van der Waals surface area contributed by atoms with Gasteiger partial charge in [-0.3, -0.25) is 19.7 Å². The summed E-state index contributed by atoms with van der Waals surface area (Å²) in [5, 5.41) is 32.5. The van der Waals surface area contributed by atoms with Crippen LogP contribution >= 0.6 is 0 Å². The SMILES string of the molecule is C1CCOC1.COc1ccc(Oc2nc(-c3cncc(C=O)c3)ncc2NC[C@@H]2CCCN2C(=O)OC(C)(C)C)cc1.COc1ccc(Oc2nc(-c3cncc(CO)c3)ncc2NC[C@@H]2CCCN2)cc1.COc1ccc(Oc2nc(-c3cncc(CO)c3)ncc2NC[C@@H]2CCCN2C(=O)OC(C)(C)C)cc1.[B].[H-].[Li+]. The second kappa shape index (κ2) is 42.4. The maximum Gasteiger partial charge on any atom is 1.00 e. The van der Waals surface area contributed by atoms with Crippen molar-refractivity contribution in [2.75, 3.05) is 89.8 Å². The maximum absolute atomic E-state index is 12.7. The zero-order chi connectivity index (χ0) is 77.1. The molecule has 13 rings (SSSR count). The molecule has 6 N–H and O–H groups in total. The summed E-state index contributed by atoms with van der Waals surface area (Å²) in [6, 6.07) is 27.3. The number of carbonyl (C=O) groups excluding carboxylic acids is 3. The molecule has 2 amide bonds. The van der Waals surface area contributed by atoms with E-state index in [0.29, 0.717) is 141 Å². The summed E-state index contributed by atoms with van der Waals surface area (Å²) in [6.45, 7) is 17.0. The van der Waals surface area contributed by atoms with Gasteiger partial charge in [0.05, 0.1) is 65.2 Å². The summed E-state index contributed by atoms with van der Waals surface area (Å²) in [5.41, 5.74) is 4.49. The van der Waals surface area contributed by atoms with Crippen molar-refractivity contribution in [3.05, 3.63) is 163 Å². The first-order valence-electron chi connectivity index (χ1n) is 36.4. The molecule has 0 saturated carbocycles. The molecule has 3 aromatic carbocycles. The van der Waals surface area contributed by atoms with Crippen molar-refractivity contribution >= 4 is 43.9 Å². The molecule has 4 saturated heterocycles. The molecule has 10 heterocycles. The van der Waals surface area contributed by atoms with E-state index in [9.17, 15) is 24.6 Å². The number of carbonyl (C=O) groups is 3. The Bertz CT molecular complexity index is 4410. The second-order valence-corrected chi connectivity index (χ2v) is 27.9. The van der Waals surface area contributed by atoms with Crippen LogP contribution in [0.25, 0.3) is 34.2 Å². The van der Waals surface area contributed by atoms with Gasteiger partial charge in [-0.2, -0.15) is 15.0 Å². The van der Waals surface area contributed by atoms with Crippen LogP contribution in [0.4, 0.5) is 26.7 Å². The van der Waals surface area contributed by atoms with Crippen LogP contribution < -0.4 is 68.5 Å². The number of nitrogens with zero attached hydrogens (tertiary/aromatic N) is 11. The van der Waals surface area contributed by atoms with Gasteiger partial charge < -0.3 is 85.3 Å². The van der Waals surface area contributed by atoms with E-state index < -0.39 is 11.2 Å². The van der Waals surface area contributed by atoms with Gasteiger partial charge in [-0.05, 0) is 202 Å². The minimum Gasteiger partial charge on any atom is -1.00 e. The molecule has 581 valence electrons. The minimum absolute atomic E-state index is 0. The second-order valence-electron chi connectivity index (χ2n) is 27.9. The summed E-state index contributed by atoms with van der Waals surface area (Å²) >= 11 is 0. The smallest absolute Gasteiger partial charge is 1.00 e. The number of methoxy groups -OCH3 is 3. The van der Waals surface area contributed by atoms with Gasteiger partial charge in [-0.1, -0.05) is 0 Å². The van der Waals surface area contributed by atoms with Crippen LogP contribution in [0.1, 0.15) is 116 Å². The first-order valence-corrected chi connectivity index (χ1v) is 36.4. The molecule has 0 aliphatic carbocycles. The van der Waals surface area contributed by atoms with Crippen molar-refractivity contribution in [1.82, 2.24) is 60.0 Å². The van der Waals surface area contributed by atoms with E-state index >= 15 is 0 Å². The summed E-state index contributed by atoms with van der Waals surface area (Å²) < 4.78 is 50.1. The molecule has 4 aliphatic heterocycles. The normalized spacial score (nSPS) is 15.5. The number of amides is 2. The summed E-state index contributed by atoms with van der Waals surface area (Å²) in [7, 11) is 4.83. The van der Waals surface area contributed by atoms with E-state index in [1.54, 1.807) is 141 Å². The molecule has 29 nitrogen and oxygen atoms in total. The molecule has 0 bridgehead atoms. The van der Waals surface area contributed by atoms with Crippen molar-refractivity contribution in [3.63, 3.8) is 0 Å². The number of anilines is 3. The van der Waals surface area contributed by atoms with Gasteiger partial charge in [0.15, 0.2) is 23.8 Å².